The van der Waals surface area contributed by atoms with Crippen molar-refractivity contribution in [1.29, 1.82) is 0 Å². The maximum Gasteiger partial charge on any atom is 0.341 e. The molecule has 0 bridgehead atoms. The van der Waals surface area contributed by atoms with Crippen LogP contribution in [0, 0.1) is 6.92 Å². The summed E-state index contributed by atoms with van der Waals surface area (Å²) in [5, 5.41) is 3.38. The largest absolute Gasteiger partial charge is 0.484 e. The molecule has 1 aromatic heterocycles. The highest BCUT2D eigenvalue weighted by Gasteiger charge is 2.28. The lowest BCUT2D eigenvalue weighted by Crippen LogP contribution is -2.21. The van der Waals surface area contributed by atoms with Crippen LogP contribution in [0.15, 0.2) is 22.7 Å². The molecule has 0 unspecified atom stereocenters. The Bertz CT molecular complexity index is 846. The van der Waals surface area contributed by atoms with Gasteiger partial charge in [0.2, 0.25) is 0 Å². The molecule has 1 aromatic carbocycles. The number of nitrogens with one attached hydrogen (secondary N) is 1. The highest BCUT2D eigenvalue weighted by Crippen LogP contribution is 2.39. The number of fused-ring (bicyclic) bond motifs is 1. The summed E-state index contributed by atoms with van der Waals surface area (Å²) in [4.78, 5) is 25.8. The number of halogens is 1. The van der Waals surface area contributed by atoms with Gasteiger partial charge in [0.15, 0.2) is 6.61 Å². The van der Waals surface area contributed by atoms with E-state index in [0.29, 0.717) is 22.9 Å². The van der Waals surface area contributed by atoms with Gasteiger partial charge in [-0.15, -0.1) is 11.3 Å². The van der Waals surface area contributed by atoms with E-state index < -0.39 is 0 Å². The summed E-state index contributed by atoms with van der Waals surface area (Å²) in [6, 6.07) is 5.54. The smallest absolute Gasteiger partial charge is 0.341 e. The lowest BCUT2D eigenvalue weighted by molar-refractivity contribution is -0.118. The van der Waals surface area contributed by atoms with E-state index in [1.165, 1.54) is 11.3 Å². The van der Waals surface area contributed by atoms with Gasteiger partial charge >= 0.3 is 5.97 Å². The van der Waals surface area contributed by atoms with Crippen LogP contribution in [0.4, 0.5) is 5.00 Å². The fourth-order valence-electron chi connectivity index (χ4n) is 2.93. The van der Waals surface area contributed by atoms with E-state index in [9.17, 15) is 9.59 Å². The molecule has 0 saturated heterocycles. The Morgan fingerprint density at radius 2 is 2.12 bits per heavy atom. The standard InChI is InChI=1S/C19H20BrNO4S/c1-3-24-19(23)17-13-5-4-6-15(13)26-18(17)21-16(22)10-25-12-7-8-14(20)11(2)9-12/h7-9H,3-6,10H2,1-2H3,(H,21,22). The Hall–Kier alpha value is -1.86. The van der Waals surface area contributed by atoms with Crippen molar-refractivity contribution in [3.8, 4) is 5.75 Å². The lowest BCUT2D eigenvalue weighted by Gasteiger charge is -2.10. The number of anilines is 1. The van der Waals surface area contributed by atoms with Crippen LogP contribution in [0.5, 0.6) is 5.75 Å². The molecule has 1 heterocycles. The minimum absolute atomic E-state index is 0.119. The van der Waals surface area contributed by atoms with E-state index in [4.69, 9.17) is 9.47 Å². The predicted octanol–water partition coefficient (Wildman–Crippen LogP) is 4.50. The summed E-state index contributed by atoms with van der Waals surface area (Å²) in [5.41, 5.74) is 2.56. The zero-order chi connectivity index (χ0) is 18.7. The van der Waals surface area contributed by atoms with Gasteiger partial charge < -0.3 is 14.8 Å². The van der Waals surface area contributed by atoms with Crippen LogP contribution in [0.1, 0.15) is 39.7 Å². The van der Waals surface area contributed by atoms with Crippen molar-refractivity contribution in [3.63, 3.8) is 0 Å². The fourth-order valence-corrected chi connectivity index (χ4v) is 4.47. The van der Waals surface area contributed by atoms with Crippen molar-refractivity contribution in [2.24, 2.45) is 0 Å². The highest BCUT2D eigenvalue weighted by molar-refractivity contribution is 9.10. The number of thiophene rings is 1. The average molecular weight is 438 g/mol. The Labute approximate surface area is 164 Å². The van der Waals surface area contributed by atoms with Gasteiger partial charge in [-0.1, -0.05) is 15.9 Å². The Morgan fingerprint density at radius 1 is 1.31 bits per heavy atom. The number of benzene rings is 1. The molecule has 3 rings (SSSR count). The summed E-state index contributed by atoms with van der Waals surface area (Å²) in [7, 11) is 0. The number of ether oxygens (including phenoxy) is 2. The first-order valence-electron chi connectivity index (χ1n) is 8.50. The molecule has 0 aliphatic heterocycles. The van der Waals surface area contributed by atoms with Gasteiger partial charge in [0.1, 0.15) is 10.8 Å². The van der Waals surface area contributed by atoms with E-state index in [0.717, 1.165) is 39.7 Å². The summed E-state index contributed by atoms with van der Waals surface area (Å²) in [5.74, 6) is -0.0390. The third-order valence-electron chi connectivity index (χ3n) is 4.15. The van der Waals surface area contributed by atoms with Gasteiger partial charge in [-0.3, -0.25) is 4.79 Å². The molecule has 0 fully saturated rings. The molecule has 1 N–H and O–H groups in total. The molecule has 0 radical (unpaired) electrons. The zero-order valence-electron chi connectivity index (χ0n) is 14.7. The zero-order valence-corrected chi connectivity index (χ0v) is 17.1. The summed E-state index contributed by atoms with van der Waals surface area (Å²) in [6.45, 7) is 3.92. The molecule has 2 aromatic rings. The van der Waals surface area contributed by atoms with Crippen molar-refractivity contribution in [1.82, 2.24) is 0 Å². The topological polar surface area (TPSA) is 64.6 Å². The maximum atomic E-state index is 12.3. The van der Waals surface area contributed by atoms with Crippen LogP contribution >= 0.6 is 27.3 Å². The number of hydrogen-bond acceptors (Lipinski definition) is 5. The molecule has 0 spiro atoms. The van der Waals surface area contributed by atoms with Crippen LogP contribution in [-0.2, 0) is 22.4 Å². The van der Waals surface area contributed by atoms with Crippen LogP contribution in [-0.4, -0.2) is 25.1 Å². The highest BCUT2D eigenvalue weighted by atomic mass is 79.9. The number of hydrogen-bond donors (Lipinski definition) is 1. The van der Waals surface area contributed by atoms with Gasteiger partial charge in [0, 0.05) is 9.35 Å². The molecule has 1 amide bonds. The van der Waals surface area contributed by atoms with Gasteiger partial charge in [-0.25, -0.2) is 4.79 Å². The van der Waals surface area contributed by atoms with Crippen LogP contribution in [0.2, 0.25) is 0 Å². The number of carbonyl (C=O) groups excluding carboxylic acids is 2. The number of carbonyl (C=O) groups is 2. The number of amides is 1. The lowest BCUT2D eigenvalue weighted by atomic mass is 10.1. The van der Waals surface area contributed by atoms with Gasteiger partial charge in [-0.05, 0) is 62.4 Å². The van der Waals surface area contributed by atoms with Gasteiger partial charge in [-0.2, -0.15) is 0 Å². The third kappa shape index (κ3) is 4.10. The summed E-state index contributed by atoms with van der Waals surface area (Å²) < 4.78 is 11.7. The molecular weight excluding hydrogens is 418 g/mol. The summed E-state index contributed by atoms with van der Waals surface area (Å²) >= 11 is 4.89. The number of esters is 1. The SMILES string of the molecule is CCOC(=O)c1c(NC(=O)COc2ccc(Br)c(C)c2)sc2c1CCC2. The minimum atomic E-state index is -0.369. The van der Waals surface area contributed by atoms with Crippen LogP contribution in [0.25, 0.3) is 0 Å². The van der Waals surface area contributed by atoms with E-state index >= 15 is 0 Å². The fraction of sp³-hybridized carbons (Fsp3) is 0.368. The molecule has 138 valence electrons. The second kappa shape index (κ2) is 8.22. The maximum absolute atomic E-state index is 12.3. The van der Waals surface area contributed by atoms with Crippen LogP contribution < -0.4 is 10.1 Å². The normalized spacial score (nSPS) is 12.6. The molecule has 1 aliphatic rings. The first-order chi connectivity index (χ1) is 12.5. The number of aryl methyl sites for hydroxylation is 2. The molecule has 0 atom stereocenters. The quantitative estimate of drug-likeness (QED) is 0.675. The number of rotatable bonds is 6. The van der Waals surface area contributed by atoms with Crippen molar-refractivity contribution >= 4 is 44.1 Å². The predicted molar refractivity (Wildman–Crippen MR) is 105 cm³/mol. The first kappa shape index (κ1) is 18.9. The van der Waals surface area contributed by atoms with E-state index in [2.05, 4.69) is 21.2 Å². The first-order valence-corrected chi connectivity index (χ1v) is 10.1. The molecule has 7 heteroatoms. The van der Waals surface area contributed by atoms with Gasteiger partial charge in [0.25, 0.3) is 5.91 Å². The molecule has 5 nitrogen and oxygen atoms in total. The van der Waals surface area contributed by atoms with Crippen molar-refractivity contribution in [2.45, 2.75) is 33.1 Å². The molecular formula is C19H20BrNO4S. The van der Waals surface area contributed by atoms with Crippen molar-refractivity contribution in [2.75, 3.05) is 18.5 Å². The third-order valence-corrected chi connectivity index (χ3v) is 6.25. The Balaban J connectivity index is 1.69. The Morgan fingerprint density at radius 3 is 2.85 bits per heavy atom. The van der Waals surface area contributed by atoms with E-state index in [1.807, 2.05) is 19.1 Å². The minimum Gasteiger partial charge on any atom is -0.484 e. The van der Waals surface area contributed by atoms with Crippen molar-refractivity contribution < 1.29 is 19.1 Å². The second-order valence-electron chi connectivity index (χ2n) is 6.03. The molecule has 26 heavy (non-hydrogen) atoms. The van der Waals surface area contributed by atoms with E-state index in [1.54, 1.807) is 13.0 Å². The molecule has 0 saturated carbocycles. The van der Waals surface area contributed by atoms with Crippen LogP contribution in [0.3, 0.4) is 0 Å². The molecule has 1 aliphatic carbocycles. The Kier molecular flexibility index (Phi) is 5.98. The second-order valence-corrected chi connectivity index (χ2v) is 7.99. The van der Waals surface area contributed by atoms with E-state index in [-0.39, 0.29) is 18.5 Å². The van der Waals surface area contributed by atoms with Gasteiger partial charge in [0.05, 0.1) is 12.2 Å². The monoisotopic (exact) mass is 437 g/mol. The van der Waals surface area contributed by atoms with Crippen molar-refractivity contribution in [3.05, 3.63) is 44.2 Å². The summed E-state index contributed by atoms with van der Waals surface area (Å²) in [6.07, 6.45) is 2.83. The average Bonchev–Trinajstić information content (AvgIpc) is 3.16.